The van der Waals surface area contributed by atoms with Crippen LogP contribution in [0, 0.1) is 0 Å². The van der Waals surface area contributed by atoms with E-state index in [0.29, 0.717) is 5.89 Å². The van der Waals surface area contributed by atoms with Gasteiger partial charge in [-0.25, -0.2) is 0 Å². The summed E-state index contributed by atoms with van der Waals surface area (Å²) in [5, 5.41) is 13.6. The zero-order chi connectivity index (χ0) is 11.1. The normalized spacial score (nSPS) is 22.4. The van der Waals surface area contributed by atoms with Crippen LogP contribution in [0.15, 0.2) is 4.52 Å². The molecular weight excluding hydrogens is 192 g/mol. The monoisotopic (exact) mass is 210 g/mol. The van der Waals surface area contributed by atoms with Gasteiger partial charge < -0.3 is 9.63 Å². The zero-order valence-corrected chi connectivity index (χ0v) is 9.53. The Bertz CT molecular complexity index is 342. The van der Waals surface area contributed by atoms with Crippen LogP contribution in [0.1, 0.15) is 57.7 Å². The van der Waals surface area contributed by atoms with Gasteiger partial charge in [0, 0.05) is 5.41 Å². The standard InChI is InChI=1S/C11H18N2O2/c1-4-8(7(2)14)9-12-10(13-15-9)11(3)5-6-11/h7-8,14H,4-6H2,1-3H3. The van der Waals surface area contributed by atoms with Gasteiger partial charge in [-0.3, -0.25) is 0 Å². The molecule has 4 heteroatoms. The van der Waals surface area contributed by atoms with Crippen LogP contribution in [0.4, 0.5) is 0 Å². The Hall–Kier alpha value is -0.900. The molecule has 1 aromatic heterocycles. The van der Waals surface area contributed by atoms with Crippen LogP contribution >= 0.6 is 0 Å². The summed E-state index contributed by atoms with van der Waals surface area (Å²) in [7, 11) is 0. The molecule has 0 bridgehead atoms. The predicted molar refractivity (Wildman–Crippen MR) is 55.6 cm³/mol. The molecule has 1 saturated carbocycles. The van der Waals surface area contributed by atoms with Crippen molar-refractivity contribution in [2.75, 3.05) is 0 Å². The van der Waals surface area contributed by atoms with Gasteiger partial charge in [0.1, 0.15) is 0 Å². The van der Waals surface area contributed by atoms with Crippen LogP contribution in [0.5, 0.6) is 0 Å². The van der Waals surface area contributed by atoms with Crippen molar-refractivity contribution in [2.24, 2.45) is 0 Å². The van der Waals surface area contributed by atoms with Gasteiger partial charge >= 0.3 is 0 Å². The van der Waals surface area contributed by atoms with Crippen LogP contribution in [0.25, 0.3) is 0 Å². The highest BCUT2D eigenvalue weighted by molar-refractivity contribution is 5.15. The number of rotatable bonds is 4. The smallest absolute Gasteiger partial charge is 0.232 e. The number of aliphatic hydroxyl groups excluding tert-OH is 1. The molecule has 1 aliphatic rings. The molecule has 84 valence electrons. The van der Waals surface area contributed by atoms with E-state index in [9.17, 15) is 5.11 Å². The molecule has 4 nitrogen and oxygen atoms in total. The van der Waals surface area contributed by atoms with E-state index in [1.165, 1.54) is 0 Å². The molecule has 2 unspecified atom stereocenters. The molecular formula is C11H18N2O2. The van der Waals surface area contributed by atoms with Crippen molar-refractivity contribution in [1.82, 2.24) is 10.1 Å². The minimum atomic E-state index is -0.435. The Labute approximate surface area is 89.7 Å². The van der Waals surface area contributed by atoms with Crippen LogP contribution in [-0.4, -0.2) is 21.4 Å². The average Bonchev–Trinajstić information content (AvgIpc) is 2.76. The molecule has 1 N–H and O–H groups in total. The van der Waals surface area contributed by atoms with Gasteiger partial charge in [-0.15, -0.1) is 0 Å². The summed E-state index contributed by atoms with van der Waals surface area (Å²) in [5.74, 6) is 1.35. The van der Waals surface area contributed by atoms with Crippen molar-refractivity contribution in [1.29, 1.82) is 0 Å². The van der Waals surface area contributed by atoms with E-state index < -0.39 is 6.10 Å². The van der Waals surface area contributed by atoms with Crippen LogP contribution in [0.3, 0.4) is 0 Å². The van der Waals surface area contributed by atoms with Crippen molar-refractivity contribution in [3.63, 3.8) is 0 Å². The molecule has 1 heterocycles. The van der Waals surface area contributed by atoms with Crippen molar-refractivity contribution in [3.05, 3.63) is 11.7 Å². The van der Waals surface area contributed by atoms with E-state index in [1.54, 1.807) is 6.92 Å². The van der Waals surface area contributed by atoms with Gasteiger partial charge in [-0.1, -0.05) is 19.0 Å². The van der Waals surface area contributed by atoms with Crippen molar-refractivity contribution < 1.29 is 9.63 Å². The maximum atomic E-state index is 9.57. The highest BCUT2D eigenvalue weighted by Crippen LogP contribution is 2.46. The van der Waals surface area contributed by atoms with Crippen molar-refractivity contribution in [2.45, 2.75) is 57.5 Å². The molecule has 0 aromatic carbocycles. The number of hydrogen-bond acceptors (Lipinski definition) is 4. The fourth-order valence-electron chi connectivity index (χ4n) is 1.76. The summed E-state index contributed by atoms with van der Waals surface area (Å²) in [6.07, 6.45) is 2.65. The lowest BCUT2D eigenvalue weighted by molar-refractivity contribution is 0.141. The molecule has 2 rings (SSSR count). The minimum absolute atomic E-state index is 0.0337. The molecule has 2 atom stereocenters. The summed E-state index contributed by atoms with van der Waals surface area (Å²) < 4.78 is 5.22. The second-order valence-electron chi connectivity index (χ2n) is 4.77. The molecule has 1 aliphatic carbocycles. The lowest BCUT2D eigenvalue weighted by Crippen LogP contribution is -2.14. The molecule has 0 spiro atoms. The van der Waals surface area contributed by atoms with Gasteiger partial charge in [-0.2, -0.15) is 4.98 Å². The lowest BCUT2D eigenvalue weighted by atomic mass is 10.0. The van der Waals surface area contributed by atoms with Crippen LogP contribution < -0.4 is 0 Å². The maximum Gasteiger partial charge on any atom is 0.232 e. The molecule has 0 aliphatic heterocycles. The second-order valence-corrected chi connectivity index (χ2v) is 4.77. The van der Waals surface area contributed by atoms with Crippen LogP contribution in [-0.2, 0) is 5.41 Å². The number of aromatic nitrogens is 2. The van der Waals surface area contributed by atoms with E-state index in [0.717, 1.165) is 25.1 Å². The van der Waals surface area contributed by atoms with E-state index >= 15 is 0 Å². The summed E-state index contributed by atoms with van der Waals surface area (Å²) >= 11 is 0. The first-order chi connectivity index (χ1) is 7.07. The first-order valence-corrected chi connectivity index (χ1v) is 5.59. The molecule has 0 saturated heterocycles. The third-order valence-electron chi connectivity index (χ3n) is 3.32. The van der Waals surface area contributed by atoms with Gasteiger partial charge in [0.25, 0.3) is 0 Å². The third kappa shape index (κ3) is 1.91. The number of aliphatic hydroxyl groups is 1. The topological polar surface area (TPSA) is 59.2 Å². The maximum absolute atomic E-state index is 9.57. The highest BCUT2D eigenvalue weighted by Gasteiger charge is 2.44. The van der Waals surface area contributed by atoms with Gasteiger partial charge in [0.2, 0.25) is 5.89 Å². The summed E-state index contributed by atoms with van der Waals surface area (Å²) in [5.41, 5.74) is 0.138. The van der Waals surface area contributed by atoms with Gasteiger partial charge in [0.15, 0.2) is 5.82 Å². The Morgan fingerprint density at radius 3 is 2.67 bits per heavy atom. The molecule has 0 amide bonds. The third-order valence-corrected chi connectivity index (χ3v) is 3.32. The largest absolute Gasteiger partial charge is 0.393 e. The minimum Gasteiger partial charge on any atom is -0.393 e. The number of hydrogen-bond donors (Lipinski definition) is 1. The average molecular weight is 210 g/mol. The Kier molecular flexibility index (Phi) is 2.54. The van der Waals surface area contributed by atoms with Crippen molar-refractivity contribution >= 4 is 0 Å². The second kappa shape index (κ2) is 3.59. The van der Waals surface area contributed by atoms with Gasteiger partial charge in [-0.05, 0) is 26.2 Å². The molecule has 15 heavy (non-hydrogen) atoms. The zero-order valence-electron chi connectivity index (χ0n) is 9.53. The summed E-state index contributed by atoms with van der Waals surface area (Å²) in [6.45, 7) is 5.92. The Balaban J connectivity index is 2.18. The fraction of sp³-hybridized carbons (Fsp3) is 0.818. The predicted octanol–water partition coefficient (Wildman–Crippen LogP) is 2.00. The first-order valence-electron chi connectivity index (χ1n) is 5.59. The summed E-state index contributed by atoms with van der Waals surface area (Å²) in [4.78, 5) is 4.40. The van der Waals surface area contributed by atoms with E-state index in [1.807, 2.05) is 6.92 Å². The highest BCUT2D eigenvalue weighted by atomic mass is 16.5. The van der Waals surface area contributed by atoms with Crippen LogP contribution in [0.2, 0.25) is 0 Å². The van der Waals surface area contributed by atoms with Crippen molar-refractivity contribution in [3.8, 4) is 0 Å². The lowest BCUT2D eigenvalue weighted by Gasteiger charge is -2.12. The Morgan fingerprint density at radius 1 is 1.53 bits per heavy atom. The molecule has 1 fully saturated rings. The van der Waals surface area contributed by atoms with E-state index in [-0.39, 0.29) is 11.3 Å². The SMILES string of the molecule is CCC(c1nc(C2(C)CC2)no1)C(C)O. The summed E-state index contributed by atoms with van der Waals surface area (Å²) in [6, 6.07) is 0. The fourth-order valence-corrected chi connectivity index (χ4v) is 1.76. The Morgan fingerprint density at radius 2 is 2.20 bits per heavy atom. The first kappa shape index (κ1) is 10.6. The van der Waals surface area contributed by atoms with Gasteiger partial charge in [0.05, 0.1) is 12.0 Å². The van der Waals surface area contributed by atoms with E-state index in [2.05, 4.69) is 17.1 Å². The molecule has 1 aromatic rings. The number of nitrogens with zero attached hydrogens (tertiary/aromatic N) is 2. The molecule has 0 radical (unpaired) electrons. The van der Waals surface area contributed by atoms with E-state index in [4.69, 9.17) is 4.52 Å². The quantitative estimate of drug-likeness (QED) is 0.825.